The highest BCUT2D eigenvalue weighted by Gasteiger charge is 2.34. The molecule has 3 heterocycles. The maximum Gasteiger partial charge on any atom is 0.337 e. The summed E-state index contributed by atoms with van der Waals surface area (Å²) in [5, 5.41) is 6.08. The molecule has 0 bridgehead atoms. The van der Waals surface area contributed by atoms with E-state index in [2.05, 4.69) is 16.2 Å². The Kier molecular flexibility index (Phi) is 5.21. The number of methoxy groups -OCH3 is 1. The Morgan fingerprint density at radius 1 is 1.32 bits per heavy atom. The lowest BCUT2D eigenvalue weighted by atomic mass is 10.1. The van der Waals surface area contributed by atoms with Gasteiger partial charge in [0, 0.05) is 30.0 Å². The second kappa shape index (κ2) is 7.93. The van der Waals surface area contributed by atoms with Crippen molar-refractivity contribution in [2.45, 2.75) is 18.8 Å². The molecule has 28 heavy (non-hydrogen) atoms. The zero-order valence-corrected chi connectivity index (χ0v) is 16.1. The molecule has 0 spiro atoms. The molecular weight excluding hydrogens is 378 g/mol. The van der Waals surface area contributed by atoms with Crippen molar-refractivity contribution in [2.24, 2.45) is 0 Å². The van der Waals surface area contributed by atoms with Gasteiger partial charge in [-0.05, 0) is 30.0 Å². The highest BCUT2D eigenvalue weighted by Crippen LogP contribution is 2.29. The topological polar surface area (TPSA) is 85.5 Å². The summed E-state index contributed by atoms with van der Waals surface area (Å²) in [6.07, 6.45) is 1.24. The van der Waals surface area contributed by atoms with Gasteiger partial charge in [0.1, 0.15) is 0 Å². The first-order valence-electron chi connectivity index (χ1n) is 8.96. The van der Waals surface area contributed by atoms with Crippen molar-refractivity contribution in [3.05, 3.63) is 58.1 Å². The van der Waals surface area contributed by atoms with Crippen LogP contribution in [0.25, 0.3) is 11.4 Å². The van der Waals surface area contributed by atoms with Crippen molar-refractivity contribution in [3.63, 3.8) is 0 Å². The van der Waals surface area contributed by atoms with Gasteiger partial charge in [-0.15, -0.1) is 11.3 Å². The number of esters is 1. The molecule has 1 amide bonds. The summed E-state index contributed by atoms with van der Waals surface area (Å²) in [6, 6.07) is 10.9. The number of likely N-dealkylation sites (tertiary alicyclic amines) is 1. The standard InChI is InChI=1S/C20H19N3O4S/c1-26-20(25)14-6-4-13(5-7-14)18-21-19(27-22-18)15-11-17(24)23(12-15)9-8-16-3-2-10-28-16/h2-7,10,15H,8-9,11-12H2,1H3/t15-/m1/s1. The van der Waals surface area contributed by atoms with Crippen LogP contribution >= 0.6 is 11.3 Å². The molecule has 4 rings (SSSR count). The van der Waals surface area contributed by atoms with Crippen LogP contribution in [0.2, 0.25) is 0 Å². The molecule has 0 saturated carbocycles. The summed E-state index contributed by atoms with van der Waals surface area (Å²) in [6.45, 7) is 1.29. The molecule has 1 aliphatic rings. The van der Waals surface area contributed by atoms with Gasteiger partial charge < -0.3 is 14.2 Å². The minimum Gasteiger partial charge on any atom is -0.465 e. The van der Waals surface area contributed by atoms with E-state index in [1.54, 1.807) is 35.6 Å². The number of aromatic nitrogens is 2. The first-order chi connectivity index (χ1) is 13.6. The maximum absolute atomic E-state index is 12.3. The van der Waals surface area contributed by atoms with Gasteiger partial charge in [0.05, 0.1) is 18.6 Å². The second-order valence-electron chi connectivity index (χ2n) is 6.60. The summed E-state index contributed by atoms with van der Waals surface area (Å²) < 4.78 is 10.1. The Morgan fingerprint density at radius 3 is 2.86 bits per heavy atom. The molecule has 8 heteroatoms. The number of hydrogen-bond donors (Lipinski definition) is 0. The Labute approximate surface area is 165 Å². The fourth-order valence-corrected chi connectivity index (χ4v) is 3.94. The number of hydrogen-bond acceptors (Lipinski definition) is 7. The van der Waals surface area contributed by atoms with Gasteiger partial charge in [0.25, 0.3) is 0 Å². The van der Waals surface area contributed by atoms with Crippen LogP contribution in [0.4, 0.5) is 0 Å². The zero-order chi connectivity index (χ0) is 19.5. The number of amides is 1. The van der Waals surface area contributed by atoms with E-state index in [4.69, 9.17) is 9.26 Å². The van der Waals surface area contributed by atoms with E-state index in [-0.39, 0.29) is 11.8 Å². The molecule has 0 aliphatic carbocycles. The number of benzene rings is 1. The third kappa shape index (κ3) is 3.82. The van der Waals surface area contributed by atoms with Gasteiger partial charge in [0.15, 0.2) is 0 Å². The van der Waals surface area contributed by atoms with Gasteiger partial charge in [0.2, 0.25) is 17.6 Å². The van der Waals surface area contributed by atoms with Crippen molar-refractivity contribution in [3.8, 4) is 11.4 Å². The van der Waals surface area contributed by atoms with Gasteiger partial charge >= 0.3 is 5.97 Å². The monoisotopic (exact) mass is 397 g/mol. The van der Waals surface area contributed by atoms with E-state index in [1.807, 2.05) is 16.3 Å². The van der Waals surface area contributed by atoms with Crippen LogP contribution in [0.15, 0.2) is 46.3 Å². The minimum absolute atomic E-state index is 0.0913. The summed E-state index contributed by atoms with van der Waals surface area (Å²) in [7, 11) is 1.34. The largest absolute Gasteiger partial charge is 0.465 e. The molecule has 3 aromatic rings. The highest BCUT2D eigenvalue weighted by molar-refractivity contribution is 7.09. The lowest BCUT2D eigenvalue weighted by Crippen LogP contribution is -2.27. The van der Waals surface area contributed by atoms with Crippen LogP contribution in [-0.2, 0) is 16.0 Å². The predicted molar refractivity (Wildman–Crippen MR) is 103 cm³/mol. The molecule has 1 atom stereocenters. The van der Waals surface area contributed by atoms with E-state index < -0.39 is 5.97 Å². The summed E-state index contributed by atoms with van der Waals surface area (Å²) in [4.78, 5) is 31.4. The zero-order valence-electron chi connectivity index (χ0n) is 15.3. The molecule has 7 nitrogen and oxygen atoms in total. The molecule has 0 radical (unpaired) electrons. The summed E-state index contributed by atoms with van der Waals surface area (Å²) >= 11 is 1.70. The molecular formula is C20H19N3O4S. The third-order valence-electron chi connectivity index (χ3n) is 4.78. The first kappa shape index (κ1) is 18.4. The Balaban J connectivity index is 1.41. The number of nitrogens with zero attached hydrogens (tertiary/aromatic N) is 3. The molecule has 2 aromatic heterocycles. The van der Waals surface area contributed by atoms with Gasteiger partial charge in [-0.25, -0.2) is 4.79 Å². The van der Waals surface area contributed by atoms with Crippen molar-refractivity contribution >= 4 is 23.2 Å². The van der Waals surface area contributed by atoms with E-state index in [1.165, 1.54) is 12.0 Å². The number of carbonyl (C=O) groups excluding carboxylic acids is 2. The normalized spacial score (nSPS) is 16.5. The van der Waals surface area contributed by atoms with Gasteiger partial charge in [-0.3, -0.25) is 4.79 Å². The molecule has 1 fully saturated rings. The fraction of sp³-hybridized carbons (Fsp3) is 0.300. The van der Waals surface area contributed by atoms with E-state index in [9.17, 15) is 9.59 Å². The van der Waals surface area contributed by atoms with E-state index in [0.717, 1.165) is 12.0 Å². The summed E-state index contributed by atoms with van der Waals surface area (Å²) in [5.74, 6) is 0.539. The number of ether oxygens (including phenoxy) is 1. The van der Waals surface area contributed by atoms with Crippen molar-refractivity contribution in [1.82, 2.24) is 15.0 Å². The molecule has 0 N–H and O–H groups in total. The SMILES string of the molecule is COC(=O)c1ccc(-c2noc([C@@H]3CC(=O)N(CCc4cccs4)C3)n2)cc1. The van der Waals surface area contributed by atoms with Crippen LogP contribution in [0.5, 0.6) is 0 Å². The lowest BCUT2D eigenvalue weighted by molar-refractivity contribution is -0.127. The van der Waals surface area contributed by atoms with Crippen molar-refractivity contribution < 1.29 is 18.8 Å². The average molecular weight is 397 g/mol. The van der Waals surface area contributed by atoms with E-state index >= 15 is 0 Å². The maximum atomic E-state index is 12.3. The van der Waals surface area contributed by atoms with Crippen LogP contribution in [0.1, 0.15) is 33.5 Å². The molecule has 1 saturated heterocycles. The highest BCUT2D eigenvalue weighted by atomic mass is 32.1. The minimum atomic E-state index is -0.396. The first-order valence-corrected chi connectivity index (χ1v) is 9.84. The number of carbonyl (C=O) groups is 2. The molecule has 1 aliphatic heterocycles. The molecule has 144 valence electrons. The molecule has 0 unspecified atom stereocenters. The van der Waals surface area contributed by atoms with Crippen LogP contribution < -0.4 is 0 Å². The number of thiophene rings is 1. The average Bonchev–Trinajstić information content (AvgIpc) is 3.47. The van der Waals surface area contributed by atoms with Crippen molar-refractivity contribution in [1.29, 1.82) is 0 Å². The summed E-state index contributed by atoms with van der Waals surface area (Å²) in [5.41, 5.74) is 1.19. The Morgan fingerprint density at radius 2 is 2.14 bits per heavy atom. The van der Waals surface area contributed by atoms with Gasteiger partial charge in [-0.1, -0.05) is 23.4 Å². The van der Waals surface area contributed by atoms with Crippen LogP contribution in [0.3, 0.4) is 0 Å². The predicted octanol–water partition coefficient (Wildman–Crippen LogP) is 3.14. The van der Waals surface area contributed by atoms with Crippen LogP contribution in [-0.4, -0.2) is 47.1 Å². The number of rotatable bonds is 6. The smallest absolute Gasteiger partial charge is 0.337 e. The quantitative estimate of drug-likeness (QED) is 0.594. The molecule has 1 aromatic carbocycles. The van der Waals surface area contributed by atoms with Crippen LogP contribution in [0, 0.1) is 0 Å². The van der Waals surface area contributed by atoms with E-state index in [0.29, 0.717) is 36.8 Å². The Bertz CT molecular complexity index is 966. The van der Waals surface area contributed by atoms with Crippen molar-refractivity contribution in [2.75, 3.05) is 20.2 Å². The Hall–Kier alpha value is -3.00. The van der Waals surface area contributed by atoms with Gasteiger partial charge in [-0.2, -0.15) is 4.98 Å². The fourth-order valence-electron chi connectivity index (χ4n) is 3.25. The lowest BCUT2D eigenvalue weighted by Gasteiger charge is -2.15. The third-order valence-corrected chi connectivity index (χ3v) is 5.71. The second-order valence-corrected chi connectivity index (χ2v) is 7.63.